The van der Waals surface area contributed by atoms with Gasteiger partial charge in [-0.2, -0.15) is 0 Å². The fourth-order valence-electron chi connectivity index (χ4n) is 7.96. The van der Waals surface area contributed by atoms with Gasteiger partial charge in [0.2, 0.25) is 0 Å². The van der Waals surface area contributed by atoms with Crippen LogP contribution in [0.2, 0.25) is 0 Å². The minimum absolute atomic E-state index is 0.0641. The zero-order valence-electron chi connectivity index (χ0n) is 40.4. The summed E-state index contributed by atoms with van der Waals surface area (Å²) in [5.41, 5.74) is 0. The molecule has 350 valence electrons. The molecule has 0 saturated carbocycles. The van der Waals surface area contributed by atoms with Gasteiger partial charge in [0.1, 0.15) is 13.2 Å². The van der Waals surface area contributed by atoms with Crippen LogP contribution in [-0.4, -0.2) is 37.2 Å². The van der Waals surface area contributed by atoms with Crippen molar-refractivity contribution >= 4 is 17.9 Å². The van der Waals surface area contributed by atoms with E-state index in [1.54, 1.807) is 0 Å². The van der Waals surface area contributed by atoms with Crippen molar-refractivity contribution in [3.8, 4) is 0 Å². The van der Waals surface area contributed by atoms with Crippen LogP contribution in [0.25, 0.3) is 0 Å². The topological polar surface area (TPSA) is 78.9 Å². The molecule has 0 saturated heterocycles. The molecule has 6 heteroatoms. The van der Waals surface area contributed by atoms with Gasteiger partial charge in [-0.3, -0.25) is 14.4 Å². The summed E-state index contributed by atoms with van der Waals surface area (Å²) in [5.74, 6) is 0.803. The number of carbonyl (C=O) groups excluding carboxylic acids is 3. The molecule has 1 unspecified atom stereocenters. The highest BCUT2D eigenvalue weighted by molar-refractivity contribution is 5.71. The lowest BCUT2D eigenvalue weighted by Crippen LogP contribution is -2.30. The molecule has 6 nitrogen and oxygen atoms in total. The Morgan fingerprint density at radius 1 is 0.356 bits per heavy atom. The Bertz CT molecular complexity index is 902. The van der Waals surface area contributed by atoms with Gasteiger partial charge >= 0.3 is 17.9 Å². The van der Waals surface area contributed by atoms with Gasteiger partial charge in [-0.05, 0) is 31.1 Å². The predicted molar refractivity (Wildman–Crippen MR) is 252 cm³/mol. The quantitative estimate of drug-likeness (QED) is 0.0345. The summed E-state index contributed by atoms with van der Waals surface area (Å²) in [5, 5.41) is 0. The fourth-order valence-corrected chi connectivity index (χ4v) is 7.96. The second kappa shape index (κ2) is 45.9. The van der Waals surface area contributed by atoms with Crippen LogP contribution < -0.4 is 0 Å². The van der Waals surface area contributed by atoms with Crippen LogP contribution in [0, 0.1) is 11.8 Å². The Hall–Kier alpha value is -1.59. The highest BCUT2D eigenvalue weighted by Crippen LogP contribution is 2.18. The monoisotopic (exact) mass is 835 g/mol. The lowest BCUT2D eigenvalue weighted by molar-refractivity contribution is -0.167. The standard InChI is InChI=1S/C53H102O6/c1-6-8-9-10-11-12-13-14-15-16-17-18-19-22-28-33-38-43-51(54)57-46-50(59-53(56)45-40-35-30-23-20-21-26-31-36-41-48(3)4)47-58-52(55)44-39-34-29-25-24-27-32-37-42-49(5)7-2/h48-50H,6-47H2,1-5H3/t49?,50-/m1/s1. The van der Waals surface area contributed by atoms with E-state index in [1.807, 2.05) is 0 Å². The molecule has 0 aliphatic carbocycles. The third kappa shape index (κ3) is 45.8. The van der Waals surface area contributed by atoms with Crippen molar-refractivity contribution in [2.24, 2.45) is 11.8 Å². The number of carbonyl (C=O) groups is 3. The Morgan fingerprint density at radius 3 is 0.966 bits per heavy atom. The van der Waals surface area contributed by atoms with Crippen LogP contribution in [-0.2, 0) is 28.6 Å². The van der Waals surface area contributed by atoms with Gasteiger partial charge < -0.3 is 14.2 Å². The minimum atomic E-state index is -0.762. The number of rotatable bonds is 47. The van der Waals surface area contributed by atoms with E-state index in [0.717, 1.165) is 69.6 Å². The number of unbranched alkanes of at least 4 members (excludes halogenated alkanes) is 31. The van der Waals surface area contributed by atoms with Gasteiger partial charge in [-0.1, -0.05) is 253 Å². The molecule has 0 spiro atoms. The third-order valence-electron chi connectivity index (χ3n) is 12.3. The van der Waals surface area contributed by atoms with E-state index in [1.165, 1.54) is 180 Å². The van der Waals surface area contributed by atoms with Crippen LogP contribution in [0.4, 0.5) is 0 Å². The third-order valence-corrected chi connectivity index (χ3v) is 12.3. The number of hydrogen-bond acceptors (Lipinski definition) is 6. The molecule has 0 bridgehead atoms. The van der Waals surface area contributed by atoms with Gasteiger partial charge in [-0.15, -0.1) is 0 Å². The molecule has 0 fully saturated rings. The van der Waals surface area contributed by atoms with Crippen molar-refractivity contribution in [1.82, 2.24) is 0 Å². The summed E-state index contributed by atoms with van der Waals surface area (Å²) < 4.78 is 16.8. The molecule has 0 aliphatic rings. The highest BCUT2D eigenvalue weighted by atomic mass is 16.6. The lowest BCUT2D eigenvalue weighted by Gasteiger charge is -2.18. The fraction of sp³-hybridized carbons (Fsp3) is 0.943. The Kier molecular flexibility index (Phi) is 44.7. The molecular formula is C53H102O6. The zero-order valence-corrected chi connectivity index (χ0v) is 40.4. The number of esters is 3. The summed E-state index contributed by atoms with van der Waals surface area (Å²) in [7, 11) is 0. The molecular weight excluding hydrogens is 733 g/mol. The van der Waals surface area contributed by atoms with Crippen molar-refractivity contribution in [3.05, 3.63) is 0 Å². The summed E-state index contributed by atoms with van der Waals surface area (Å²) in [4.78, 5) is 37.9. The molecule has 0 rings (SSSR count). The lowest BCUT2D eigenvalue weighted by atomic mass is 9.99. The molecule has 0 aliphatic heterocycles. The van der Waals surface area contributed by atoms with Gasteiger partial charge in [0.15, 0.2) is 6.10 Å². The van der Waals surface area contributed by atoms with Gasteiger partial charge in [0.05, 0.1) is 0 Å². The van der Waals surface area contributed by atoms with Crippen molar-refractivity contribution < 1.29 is 28.6 Å². The summed E-state index contributed by atoms with van der Waals surface area (Å²) in [6, 6.07) is 0. The van der Waals surface area contributed by atoms with Crippen molar-refractivity contribution in [2.75, 3.05) is 13.2 Å². The van der Waals surface area contributed by atoms with Gasteiger partial charge in [-0.25, -0.2) is 0 Å². The zero-order chi connectivity index (χ0) is 43.3. The van der Waals surface area contributed by atoms with E-state index in [4.69, 9.17) is 14.2 Å². The molecule has 2 atom stereocenters. The summed E-state index contributed by atoms with van der Waals surface area (Å²) in [6.07, 6.45) is 46.6. The molecule has 0 radical (unpaired) electrons. The summed E-state index contributed by atoms with van der Waals surface area (Å²) >= 11 is 0. The van der Waals surface area contributed by atoms with Crippen LogP contribution in [0.5, 0.6) is 0 Å². The SMILES string of the molecule is CCCCCCCCCCCCCCCCCCCC(=O)OC[C@H](COC(=O)CCCCCCCCCCC(C)CC)OC(=O)CCCCCCCCCCCC(C)C. The normalized spacial score (nSPS) is 12.5. The van der Waals surface area contributed by atoms with E-state index in [-0.39, 0.29) is 31.1 Å². The Balaban J connectivity index is 4.29. The van der Waals surface area contributed by atoms with Crippen LogP contribution in [0.1, 0.15) is 291 Å². The van der Waals surface area contributed by atoms with Crippen molar-refractivity contribution in [1.29, 1.82) is 0 Å². The molecule has 59 heavy (non-hydrogen) atoms. The molecule has 0 aromatic carbocycles. The maximum atomic E-state index is 12.8. The molecule has 0 N–H and O–H groups in total. The molecule has 0 heterocycles. The average Bonchev–Trinajstić information content (AvgIpc) is 3.22. The minimum Gasteiger partial charge on any atom is -0.462 e. The Morgan fingerprint density at radius 2 is 0.644 bits per heavy atom. The Labute approximate surface area is 368 Å². The largest absolute Gasteiger partial charge is 0.462 e. The second-order valence-corrected chi connectivity index (χ2v) is 18.9. The first-order valence-corrected chi connectivity index (χ1v) is 26.3. The summed E-state index contributed by atoms with van der Waals surface area (Å²) in [6.45, 7) is 11.4. The number of ether oxygens (including phenoxy) is 3. The van der Waals surface area contributed by atoms with Gasteiger partial charge in [0, 0.05) is 19.3 Å². The first-order chi connectivity index (χ1) is 28.8. The van der Waals surface area contributed by atoms with Crippen LogP contribution in [0.3, 0.4) is 0 Å². The van der Waals surface area contributed by atoms with Crippen LogP contribution in [0.15, 0.2) is 0 Å². The average molecular weight is 835 g/mol. The van der Waals surface area contributed by atoms with E-state index in [0.29, 0.717) is 19.3 Å². The first-order valence-electron chi connectivity index (χ1n) is 26.3. The molecule has 0 aromatic heterocycles. The predicted octanol–water partition coefficient (Wildman–Crippen LogP) is 16.9. The van der Waals surface area contributed by atoms with Crippen LogP contribution >= 0.6 is 0 Å². The van der Waals surface area contributed by atoms with Crippen molar-refractivity contribution in [3.63, 3.8) is 0 Å². The van der Waals surface area contributed by atoms with Gasteiger partial charge in [0.25, 0.3) is 0 Å². The smallest absolute Gasteiger partial charge is 0.306 e. The molecule has 0 amide bonds. The van der Waals surface area contributed by atoms with E-state index >= 15 is 0 Å². The van der Waals surface area contributed by atoms with E-state index in [9.17, 15) is 14.4 Å². The first kappa shape index (κ1) is 57.4. The highest BCUT2D eigenvalue weighted by Gasteiger charge is 2.19. The maximum Gasteiger partial charge on any atom is 0.306 e. The van der Waals surface area contributed by atoms with E-state index in [2.05, 4.69) is 34.6 Å². The second-order valence-electron chi connectivity index (χ2n) is 18.9. The van der Waals surface area contributed by atoms with E-state index < -0.39 is 6.10 Å². The van der Waals surface area contributed by atoms with Crippen molar-refractivity contribution in [2.45, 2.75) is 298 Å². The number of hydrogen-bond donors (Lipinski definition) is 0. The molecule has 0 aromatic rings. The maximum absolute atomic E-state index is 12.8.